The van der Waals surface area contributed by atoms with Crippen molar-refractivity contribution in [1.29, 1.82) is 0 Å². The van der Waals surface area contributed by atoms with Crippen LogP contribution in [0.5, 0.6) is 0 Å². The topological polar surface area (TPSA) is 55.8 Å². The lowest BCUT2D eigenvalue weighted by molar-refractivity contribution is -0.162. The van der Waals surface area contributed by atoms with Crippen LogP contribution in [0.2, 0.25) is 0 Å². The molecule has 1 aliphatic heterocycles. The van der Waals surface area contributed by atoms with Gasteiger partial charge in [-0.2, -0.15) is 0 Å². The number of aliphatic hydroxyl groups excluding tert-OH is 1. The third-order valence-electron chi connectivity index (χ3n) is 3.88. The fraction of sp³-hybridized carbons (Fsp3) is 0.900. The van der Waals surface area contributed by atoms with E-state index in [1.165, 1.54) is 6.92 Å². The van der Waals surface area contributed by atoms with Crippen molar-refractivity contribution in [3.05, 3.63) is 0 Å². The zero-order chi connectivity index (χ0) is 9.87. The maximum absolute atomic E-state index is 10.9. The summed E-state index contributed by atoms with van der Waals surface area (Å²) >= 11 is 0. The normalized spacial score (nSPS) is 53.9. The predicted octanol–water partition coefficient (Wildman–Crippen LogP) is 0.291. The van der Waals surface area contributed by atoms with E-state index in [1.807, 2.05) is 0 Å². The number of rotatable bonds is 1. The highest BCUT2D eigenvalue weighted by Crippen LogP contribution is 2.56. The molecule has 3 rings (SSSR count). The summed E-state index contributed by atoms with van der Waals surface area (Å²) in [5.74, 6) is 0.872. The van der Waals surface area contributed by atoms with Crippen molar-refractivity contribution in [2.45, 2.75) is 38.3 Å². The molecule has 0 radical (unpaired) electrons. The van der Waals surface area contributed by atoms with E-state index in [1.54, 1.807) is 0 Å². The molecule has 3 fully saturated rings. The van der Waals surface area contributed by atoms with E-state index >= 15 is 0 Å². The van der Waals surface area contributed by atoms with Crippen molar-refractivity contribution >= 4 is 5.97 Å². The first-order chi connectivity index (χ1) is 6.66. The van der Waals surface area contributed by atoms with Crippen molar-refractivity contribution in [2.75, 3.05) is 0 Å². The highest BCUT2D eigenvalue weighted by molar-refractivity contribution is 5.66. The molecule has 1 N–H and O–H groups in total. The molecule has 2 bridgehead atoms. The summed E-state index contributed by atoms with van der Waals surface area (Å²) in [7, 11) is 0. The molecule has 1 saturated heterocycles. The molecule has 0 amide bonds. The summed E-state index contributed by atoms with van der Waals surface area (Å²) in [5, 5.41) is 9.59. The van der Waals surface area contributed by atoms with E-state index in [2.05, 4.69) is 0 Å². The molecule has 2 saturated carbocycles. The van der Waals surface area contributed by atoms with Crippen LogP contribution in [0.3, 0.4) is 0 Å². The van der Waals surface area contributed by atoms with Crippen LogP contribution < -0.4 is 0 Å². The second-order valence-electron chi connectivity index (χ2n) is 4.62. The number of hydrogen-bond donors (Lipinski definition) is 1. The van der Waals surface area contributed by atoms with Gasteiger partial charge >= 0.3 is 5.97 Å². The first kappa shape index (κ1) is 8.68. The van der Waals surface area contributed by atoms with Crippen molar-refractivity contribution in [3.8, 4) is 0 Å². The predicted molar refractivity (Wildman–Crippen MR) is 46.1 cm³/mol. The first-order valence-electron chi connectivity index (χ1n) is 5.17. The van der Waals surface area contributed by atoms with Gasteiger partial charge in [0, 0.05) is 12.8 Å². The van der Waals surface area contributed by atoms with E-state index in [9.17, 15) is 9.90 Å². The third-order valence-corrected chi connectivity index (χ3v) is 3.88. The van der Waals surface area contributed by atoms with Crippen molar-refractivity contribution in [2.24, 2.45) is 17.8 Å². The number of esters is 1. The average molecular weight is 198 g/mol. The van der Waals surface area contributed by atoms with Gasteiger partial charge in [-0.3, -0.25) is 4.79 Å². The number of aliphatic hydroxyl groups is 1. The standard InChI is InChI=1S/C10H14O4/c1-4(11)13-8-5-2-6-7(3-5)10(12)14-9(6)8/h5-10,12H,2-3H2,1H3/t5?,6?,7?,8?,9?,10-/m0/s1. The van der Waals surface area contributed by atoms with Gasteiger partial charge in [0.05, 0.1) is 0 Å². The molecule has 0 aromatic rings. The number of carbonyl (C=O) groups excluding carboxylic acids is 1. The highest BCUT2D eigenvalue weighted by Gasteiger charge is 2.62. The Kier molecular flexibility index (Phi) is 1.67. The van der Waals surface area contributed by atoms with E-state index in [-0.39, 0.29) is 24.1 Å². The Morgan fingerprint density at radius 3 is 2.86 bits per heavy atom. The van der Waals surface area contributed by atoms with Gasteiger partial charge in [-0.05, 0) is 24.7 Å². The number of hydrogen-bond acceptors (Lipinski definition) is 4. The Labute approximate surface area is 82.2 Å². The molecule has 2 aliphatic carbocycles. The summed E-state index contributed by atoms with van der Waals surface area (Å²) in [5.41, 5.74) is 0. The fourth-order valence-electron chi connectivity index (χ4n) is 3.43. The summed E-state index contributed by atoms with van der Waals surface area (Å²) in [6.45, 7) is 1.43. The maximum atomic E-state index is 10.9. The van der Waals surface area contributed by atoms with Gasteiger partial charge in [-0.15, -0.1) is 0 Å². The van der Waals surface area contributed by atoms with Gasteiger partial charge in [0.1, 0.15) is 12.2 Å². The Hall–Kier alpha value is -0.610. The highest BCUT2D eigenvalue weighted by atomic mass is 16.6. The van der Waals surface area contributed by atoms with Crippen LogP contribution in [0.1, 0.15) is 19.8 Å². The Balaban J connectivity index is 1.81. The van der Waals surface area contributed by atoms with Crippen molar-refractivity contribution in [1.82, 2.24) is 0 Å². The second-order valence-corrected chi connectivity index (χ2v) is 4.62. The molecule has 4 nitrogen and oxygen atoms in total. The minimum Gasteiger partial charge on any atom is -0.459 e. The van der Waals surface area contributed by atoms with Crippen LogP contribution in [0.15, 0.2) is 0 Å². The summed E-state index contributed by atoms with van der Waals surface area (Å²) in [6.07, 6.45) is 1.21. The second kappa shape index (κ2) is 2.70. The Morgan fingerprint density at radius 2 is 2.14 bits per heavy atom. The van der Waals surface area contributed by atoms with Crippen LogP contribution in [0.25, 0.3) is 0 Å². The smallest absolute Gasteiger partial charge is 0.303 e. The van der Waals surface area contributed by atoms with Crippen molar-refractivity contribution in [3.63, 3.8) is 0 Å². The van der Waals surface area contributed by atoms with Gasteiger partial charge in [0.25, 0.3) is 0 Å². The van der Waals surface area contributed by atoms with Gasteiger partial charge in [0.15, 0.2) is 6.29 Å². The van der Waals surface area contributed by atoms with E-state index in [0.717, 1.165) is 12.8 Å². The van der Waals surface area contributed by atoms with Gasteiger partial charge in [-0.25, -0.2) is 0 Å². The molecule has 78 valence electrons. The third kappa shape index (κ3) is 0.982. The zero-order valence-electron chi connectivity index (χ0n) is 8.05. The molecule has 4 heteroatoms. The molecule has 5 unspecified atom stereocenters. The average Bonchev–Trinajstić information content (AvgIpc) is 2.67. The minimum atomic E-state index is -0.629. The SMILES string of the molecule is CC(=O)OC1C2CC3C1O[C@H](O)C3C2. The van der Waals surface area contributed by atoms with Gasteiger partial charge in [-0.1, -0.05) is 0 Å². The number of fused-ring (bicyclic) bond motifs is 1. The minimum absolute atomic E-state index is 0.0438. The lowest BCUT2D eigenvalue weighted by Crippen LogP contribution is -2.35. The fourth-order valence-corrected chi connectivity index (χ4v) is 3.43. The molecular formula is C10H14O4. The van der Waals surface area contributed by atoms with E-state index in [4.69, 9.17) is 9.47 Å². The van der Waals surface area contributed by atoms with Gasteiger partial charge in [0.2, 0.25) is 0 Å². The monoisotopic (exact) mass is 198 g/mol. The summed E-state index contributed by atoms with van der Waals surface area (Å²) in [4.78, 5) is 10.9. The molecule has 14 heavy (non-hydrogen) atoms. The molecule has 3 aliphatic rings. The Morgan fingerprint density at radius 1 is 1.43 bits per heavy atom. The maximum Gasteiger partial charge on any atom is 0.303 e. The molecule has 0 spiro atoms. The molecular weight excluding hydrogens is 184 g/mol. The zero-order valence-corrected chi connectivity index (χ0v) is 8.05. The first-order valence-corrected chi connectivity index (χ1v) is 5.17. The van der Waals surface area contributed by atoms with Crippen LogP contribution in [0.4, 0.5) is 0 Å². The molecule has 6 atom stereocenters. The molecule has 0 aromatic heterocycles. The van der Waals surface area contributed by atoms with Crippen LogP contribution in [-0.2, 0) is 14.3 Å². The molecule has 1 heterocycles. The number of ether oxygens (including phenoxy) is 2. The number of carbonyl (C=O) groups is 1. The largest absolute Gasteiger partial charge is 0.459 e. The van der Waals surface area contributed by atoms with Crippen LogP contribution >= 0.6 is 0 Å². The van der Waals surface area contributed by atoms with Crippen molar-refractivity contribution < 1.29 is 19.4 Å². The summed E-state index contributed by atoms with van der Waals surface area (Å²) in [6, 6.07) is 0. The van der Waals surface area contributed by atoms with Crippen LogP contribution in [-0.4, -0.2) is 29.6 Å². The van der Waals surface area contributed by atoms with E-state index < -0.39 is 6.29 Å². The molecule has 0 aromatic carbocycles. The van der Waals surface area contributed by atoms with Gasteiger partial charge < -0.3 is 14.6 Å². The lowest BCUT2D eigenvalue weighted by atomic mass is 9.87. The lowest BCUT2D eigenvalue weighted by Gasteiger charge is -2.25. The van der Waals surface area contributed by atoms with Crippen LogP contribution in [0, 0.1) is 17.8 Å². The quantitative estimate of drug-likeness (QED) is 0.615. The Bertz CT molecular complexity index is 277. The summed E-state index contributed by atoms with van der Waals surface area (Å²) < 4.78 is 10.7. The van der Waals surface area contributed by atoms with E-state index in [0.29, 0.717) is 11.8 Å².